The minimum atomic E-state index is -0.587. The summed E-state index contributed by atoms with van der Waals surface area (Å²) in [4.78, 5) is 61.5. The summed E-state index contributed by atoms with van der Waals surface area (Å²) in [5.41, 5.74) is 0.407. The second-order valence-electron chi connectivity index (χ2n) is 12.3. The number of carbonyl (C=O) groups excluding carboxylic acids is 2. The molecule has 0 aliphatic carbocycles. The fraction of sp³-hybridized carbons (Fsp3) is 0.500. The topological polar surface area (TPSA) is 112 Å². The van der Waals surface area contributed by atoms with Crippen molar-refractivity contribution >= 4 is 29.0 Å². The summed E-state index contributed by atoms with van der Waals surface area (Å²) >= 11 is 0. The van der Waals surface area contributed by atoms with E-state index in [1.807, 2.05) is 45.3 Å². The summed E-state index contributed by atoms with van der Waals surface area (Å²) in [7, 11) is 1.58. The average Bonchev–Trinajstić information content (AvgIpc) is 3.59. The molecule has 1 aromatic carbocycles. The van der Waals surface area contributed by atoms with Gasteiger partial charge in [-0.2, -0.15) is 4.98 Å². The van der Waals surface area contributed by atoms with Crippen molar-refractivity contribution in [3.05, 3.63) is 68.4 Å². The van der Waals surface area contributed by atoms with Crippen LogP contribution in [0.4, 0.5) is 10.7 Å². The van der Waals surface area contributed by atoms with Gasteiger partial charge in [0.1, 0.15) is 5.60 Å². The fourth-order valence-corrected chi connectivity index (χ4v) is 5.68. The van der Waals surface area contributed by atoms with E-state index >= 15 is 0 Å². The molecular formula is C30H38N6O5. The number of nitrogens with zero attached hydrogens (tertiary/aromatic N) is 6. The van der Waals surface area contributed by atoms with Crippen molar-refractivity contribution < 1.29 is 14.3 Å². The zero-order chi connectivity index (χ0) is 29.6. The van der Waals surface area contributed by atoms with Crippen LogP contribution in [0.2, 0.25) is 0 Å². The van der Waals surface area contributed by atoms with E-state index in [0.717, 1.165) is 10.1 Å². The Hall–Kier alpha value is -4.15. The van der Waals surface area contributed by atoms with E-state index in [1.54, 1.807) is 42.3 Å². The number of aromatic nitrogens is 4. The number of carbonyl (C=O) groups is 2. The normalized spacial score (nSPS) is 18.6. The van der Waals surface area contributed by atoms with Crippen molar-refractivity contribution in [1.82, 2.24) is 23.6 Å². The summed E-state index contributed by atoms with van der Waals surface area (Å²) in [6.45, 7) is 12.1. The molecule has 0 N–H and O–H groups in total. The number of aryl methyl sites for hydroxylation is 1. The van der Waals surface area contributed by atoms with Gasteiger partial charge in [-0.25, -0.2) is 9.59 Å². The molecule has 0 unspecified atom stereocenters. The molecule has 41 heavy (non-hydrogen) atoms. The van der Waals surface area contributed by atoms with Crippen LogP contribution >= 0.6 is 0 Å². The third kappa shape index (κ3) is 5.57. The number of hydrogen-bond donors (Lipinski definition) is 0. The van der Waals surface area contributed by atoms with Gasteiger partial charge in [-0.3, -0.25) is 18.7 Å². The summed E-state index contributed by atoms with van der Waals surface area (Å²) in [6.07, 6.45) is 1.71. The van der Waals surface area contributed by atoms with Crippen LogP contribution in [0.25, 0.3) is 11.2 Å². The fourth-order valence-electron chi connectivity index (χ4n) is 5.68. The number of rotatable bonds is 6. The third-order valence-electron chi connectivity index (χ3n) is 7.71. The van der Waals surface area contributed by atoms with Gasteiger partial charge in [-0.1, -0.05) is 42.0 Å². The van der Waals surface area contributed by atoms with Gasteiger partial charge in [0.2, 0.25) is 5.95 Å². The van der Waals surface area contributed by atoms with E-state index in [0.29, 0.717) is 44.2 Å². The Morgan fingerprint density at radius 1 is 1.00 bits per heavy atom. The van der Waals surface area contributed by atoms with Gasteiger partial charge < -0.3 is 19.1 Å². The van der Waals surface area contributed by atoms with Crippen molar-refractivity contribution in [2.24, 2.45) is 18.9 Å². The molecule has 11 heteroatoms. The monoisotopic (exact) mass is 562 g/mol. The van der Waals surface area contributed by atoms with Gasteiger partial charge in [0.05, 0.1) is 6.54 Å². The van der Waals surface area contributed by atoms with Gasteiger partial charge in [0, 0.05) is 57.2 Å². The highest BCUT2D eigenvalue weighted by molar-refractivity contribution is 5.96. The number of amides is 1. The Morgan fingerprint density at radius 3 is 2.22 bits per heavy atom. The lowest BCUT2D eigenvalue weighted by molar-refractivity contribution is 0.0282. The number of allylic oxidation sites excluding steroid dienone is 2. The van der Waals surface area contributed by atoms with E-state index in [9.17, 15) is 19.2 Å². The molecule has 2 fully saturated rings. The zero-order valence-corrected chi connectivity index (χ0v) is 24.6. The molecule has 5 rings (SSSR count). The Morgan fingerprint density at radius 2 is 1.63 bits per heavy atom. The summed E-state index contributed by atoms with van der Waals surface area (Å²) in [6, 6.07) is 8.63. The molecular weight excluding hydrogens is 524 g/mol. The number of benzene rings is 1. The second kappa shape index (κ2) is 10.7. The van der Waals surface area contributed by atoms with Crippen LogP contribution in [0.5, 0.6) is 0 Å². The Balaban J connectivity index is 1.49. The quantitative estimate of drug-likeness (QED) is 0.335. The molecule has 0 bridgehead atoms. The molecule has 2 aliphatic rings. The van der Waals surface area contributed by atoms with Crippen LogP contribution in [0, 0.1) is 11.8 Å². The molecule has 11 nitrogen and oxygen atoms in total. The van der Waals surface area contributed by atoms with Crippen LogP contribution in [-0.2, 0) is 24.9 Å². The van der Waals surface area contributed by atoms with E-state index in [4.69, 9.17) is 9.72 Å². The molecule has 2 aromatic heterocycles. The first-order chi connectivity index (χ1) is 19.3. The number of hydrogen-bond acceptors (Lipinski definition) is 7. The number of ketones is 1. The third-order valence-corrected chi connectivity index (χ3v) is 7.71. The lowest BCUT2D eigenvalue weighted by Crippen LogP contribution is -2.41. The van der Waals surface area contributed by atoms with Crippen LogP contribution in [0.3, 0.4) is 0 Å². The SMILES string of the molecule is CC(C)=CCn1c(N2C[C@H]3CN(C(=O)OC(C)(C)C)C[C@H]3C2)nc2c1c(=O)n(CC(=O)c1ccccc1)c(=O)n2C. The molecule has 0 spiro atoms. The van der Waals surface area contributed by atoms with Crippen molar-refractivity contribution in [3.8, 4) is 0 Å². The van der Waals surface area contributed by atoms with E-state index in [2.05, 4.69) is 4.90 Å². The predicted octanol–water partition coefficient (Wildman–Crippen LogP) is 3.05. The Labute approximate surface area is 238 Å². The molecule has 2 atom stereocenters. The van der Waals surface area contributed by atoms with Crippen LogP contribution < -0.4 is 16.1 Å². The van der Waals surface area contributed by atoms with Crippen molar-refractivity contribution in [2.75, 3.05) is 31.1 Å². The molecule has 1 amide bonds. The first kappa shape index (κ1) is 28.4. The molecule has 2 aliphatic heterocycles. The lowest BCUT2D eigenvalue weighted by atomic mass is 10.0. The van der Waals surface area contributed by atoms with Crippen molar-refractivity contribution in [1.29, 1.82) is 0 Å². The number of anilines is 1. The molecule has 0 radical (unpaired) electrons. The standard InChI is InChI=1S/C30H38N6O5/c1-19(2)12-13-35-24-25(32(6)28(39)36(26(24)38)18-23(37)20-10-8-7-9-11-20)31-27(35)33-14-21-16-34(17-22(21)15-33)29(40)41-30(3,4)5/h7-12,21-22H,13-18H2,1-6H3/t21-,22+. The van der Waals surface area contributed by atoms with Crippen molar-refractivity contribution in [3.63, 3.8) is 0 Å². The summed E-state index contributed by atoms with van der Waals surface area (Å²) in [5.74, 6) is 0.767. The Kier molecular flexibility index (Phi) is 7.39. The highest BCUT2D eigenvalue weighted by Gasteiger charge is 2.44. The van der Waals surface area contributed by atoms with Gasteiger partial charge in [-0.15, -0.1) is 0 Å². The number of Topliss-reactive ketones (excluding diaryl/α,β-unsaturated/α-hetero) is 1. The lowest BCUT2D eigenvalue weighted by Gasteiger charge is -2.26. The largest absolute Gasteiger partial charge is 0.444 e. The summed E-state index contributed by atoms with van der Waals surface area (Å²) < 4.78 is 9.77. The maximum atomic E-state index is 13.8. The maximum absolute atomic E-state index is 13.8. The smallest absolute Gasteiger partial charge is 0.410 e. The number of fused-ring (bicyclic) bond motifs is 2. The van der Waals surface area contributed by atoms with E-state index in [1.165, 1.54) is 4.57 Å². The zero-order valence-electron chi connectivity index (χ0n) is 24.6. The molecule has 218 valence electrons. The van der Waals surface area contributed by atoms with Crippen molar-refractivity contribution in [2.45, 2.75) is 53.3 Å². The maximum Gasteiger partial charge on any atom is 0.410 e. The highest BCUT2D eigenvalue weighted by Crippen LogP contribution is 2.35. The summed E-state index contributed by atoms with van der Waals surface area (Å²) in [5, 5.41) is 0. The molecule has 2 saturated heterocycles. The molecule has 3 aromatic rings. The predicted molar refractivity (Wildman–Crippen MR) is 156 cm³/mol. The minimum Gasteiger partial charge on any atom is -0.444 e. The minimum absolute atomic E-state index is 0.239. The number of ether oxygens (including phenoxy) is 1. The van der Waals surface area contributed by atoms with Gasteiger partial charge in [-0.05, 0) is 34.6 Å². The van der Waals surface area contributed by atoms with Gasteiger partial charge >= 0.3 is 11.8 Å². The molecule has 0 saturated carbocycles. The molecule has 4 heterocycles. The average molecular weight is 563 g/mol. The highest BCUT2D eigenvalue weighted by atomic mass is 16.6. The van der Waals surface area contributed by atoms with Crippen LogP contribution in [0.15, 0.2) is 51.6 Å². The second-order valence-corrected chi connectivity index (χ2v) is 12.3. The first-order valence-corrected chi connectivity index (χ1v) is 14.0. The first-order valence-electron chi connectivity index (χ1n) is 14.0. The van der Waals surface area contributed by atoms with E-state index < -0.39 is 16.9 Å². The number of likely N-dealkylation sites (tertiary alicyclic amines) is 1. The van der Waals surface area contributed by atoms with Crippen LogP contribution in [0.1, 0.15) is 45.0 Å². The number of imidazole rings is 1. The van der Waals surface area contributed by atoms with Crippen LogP contribution in [-0.4, -0.2) is 67.2 Å². The van der Waals surface area contributed by atoms with Gasteiger partial charge in [0.25, 0.3) is 5.56 Å². The van der Waals surface area contributed by atoms with Gasteiger partial charge in [0.15, 0.2) is 16.9 Å². The Bertz CT molecular complexity index is 1620. The van der Waals surface area contributed by atoms with E-state index in [-0.39, 0.29) is 41.4 Å².